The highest BCUT2D eigenvalue weighted by Crippen LogP contribution is 2.27. The van der Waals surface area contributed by atoms with E-state index < -0.39 is 0 Å². The Morgan fingerprint density at radius 3 is 2.71 bits per heavy atom. The lowest BCUT2D eigenvalue weighted by Crippen LogP contribution is -2.44. The Morgan fingerprint density at radius 1 is 1.21 bits per heavy atom. The molecule has 8 heteroatoms. The maximum Gasteiger partial charge on any atom is 0.343 e. The number of ether oxygens (including phenoxy) is 1. The summed E-state index contributed by atoms with van der Waals surface area (Å²) in [6, 6.07) is 9.91. The summed E-state index contributed by atoms with van der Waals surface area (Å²) in [6.45, 7) is 4.15. The SMILES string of the molecule is O=C(C[C@@H]1CNCCO1)N1CCC(c2n[nH]c(=O)n2Cc2ccccc2)CC1. The maximum atomic E-state index is 12.6. The van der Waals surface area contributed by atoms with Crippen LogP contribution in [-0.4, -0.2) is 64.5 Å². The molecule has 150 valence electrons. The van der Waals surface area contributed by atoms with Gasteiger partial charge in [-0.2, -0.15) is 5.10 Å². The fourth-order valence-corrected chi connectivity index (χ4v) is 4.02. The summed E-state index contributed by atoms with van der Waals surface area (Å²) in [4.78, 5) is 26.7. The number of benzene rings is 1. The summed E-state index contributed by atoms with van der Waals surface area (Å²) >= 11 is 0. The minimum atomic E-state index is -0.181. The second kappa shape index (κ2) is 8.70. The number of hydrogen-bond donors (Lipinski definition) is 2. The number of carbonyl (C=O) groups is 1. The Morgan fingerprint density at radius 2 is 2.00 bits per heavy atom. The van der Waals surface area contributed by atoms with Crippen LogP contribution in [0.1, 0.15) is 36.6 Å². The molecule has 3 heterocycles. The first-order valence-corrected chi connectivity index (χ1v) is 10.00. The first kappa shape index (κ1) is 18.9. The number of aromatic amines is 1. The van der Waals surface area contributed by atoms with E-state index in [1.165, 1.54) is 0 Å². The van der Waals surface area contributed by atoms with Gasteiger partial charge in [-0.05, 0) is 18.4 Å². The normalized spacial score (nSPS) is 21.0. The molecule has 2 N–H and O–H groups in total. The first-order chi connectivity index (χ1) is 13.7. The van der Waals surface area contributed by atoms with E-state index >= 15 is 0 Å². The number of carbonyl (C=O) groups excluding carboxylic acids is 1. The zero-order valence-corrected chi connectivity index (χ0v) is 16.0. The molecule has 0 radical (unpaired) electrons. The Labute approximate surface area is 163 Å². The summed E-state index contributed by atoms with van der Waals surface area (Å²) in [5, 5.41) is 10.1. The van der Waals surface area contributed by atoms with E-state index in [1.54, 1.807) is 4.57 Å². The van der Waals surface area contributed by atoms with Crippen LogP contribution in [0.3, 0.4) is 0 Å². The number of rotatable bonds is 5. The molecule has 0 spiro atoms. The van der Waals surface area contributed by atoms with Gasteiger partial charge in [0, 0.05) is 32.1 Å². The highest BCUT2D eigenvalue weighted by atomic mass is 16.5. The second-order valence-electron chi connectivity index (χ2n) is 7.51. The monoisotopic (exact) mass is 385 g/mol. The minimum absolute atomic E-state index is 0.0265. The van der Waals surface area contributed by atoms with E-state index in [9.17, 15) is 9.59 Å². The number of amides is 1. The number of nitrogens with one attached hydrogen (secondary N) is 2. The van der Waals surface area contributed by atoms with Gasteiger partial charge in [-0.25, -0.2) is 9.89 Å². The van der Waals surface area contributed by atoms with Crippen molar-refractivity contribution in [3.05, 3.63) is 52.2 Å². The van der Waals surface area contributed by atoms with E-state index in [1.807, 2.05) is 35.2 Å². The molecular formula is C20H27N5O3. The molecule has 28 heavy (non-hydrogen) atoms. The highest BCUT2D eigenvalue weighted by Gasteiger charge is 2.29. The molecule has 1 amide bonds. The van der Waals surface area contributed by atoms with Gasteiger partial charge < -0.3 is 15.0 Å². The van der Waals surface area contributed by atoms with Crippen LogP contribution >= 0.6 is 0 Å². The Bertz CT molecular complexity index is 833. The molecule has 1 aromatic heterocycles. The van der Waals surface area contributed by atoms with Crippen molar-refractivity contribution in [3.63, 3.8) is 0 Å². The molecule has 4 rings (SSSR count). The summed E-state index contributed by atoms with van der Waals surface area (Å²) in [5.41, 5.74) is 0.889. The smallest absolute Gasteiger partial charge is 0.343 e. The van der Waals surface area contributed by atoms with E-state index in [-0.39, 0.29) is 23.6 Å². The lowest BCUT2D eigenvalue weighted by atomic mass is 9.95. The van der Waals surface area contributed by atoms with E-state index in [0.717, 1.165) is 37.3 Å². The van der Waals surface area contributed by atoms with Gasteiger partial charge in [-0.1, -0.05) is 30.3 Å². The number of nitrogens with zero attached hydrogens (tertiary/aromatic N) is 3. The topological polar surface area (TPSA) is 92.2 Å². The predicted octanol–water partition coefficient (Wildman–Crippen LogP) is 0.704. The number of hydrogen-bond acceptors (Lipinski definition) is 5. The van der Waals surface area contributed by atoms with Gasteiger partial charge in [0.05, 0.1) is 25.7 Å². The summed E-state index contributed by atoms with van der Waals surface area (Å²) in [7, 11) is 0. The van der Waals surface area contributed by atoms with Crippen LogP contribution in [-0.2, 0) is 16.1 Å². The van der Waals surface area contributed by atoms with Crippen LogP contribution in [0.4, 0.5) is 0 Å². The van der Waals surface area contributed by atoms with Crippen molar-refractivity contribution in [2.45, 2.75) is 37.8 Å². The van der Waals surface area contributed by atoms with Gasteiger partial charge in [-0.3, -0.25) is 9.36 Å². The summed E-state index contributed by atoms with van der Waals surface area (Å²) in [6.07, 6.45) is 2.03. The van der Waals surface area contributed by atoms with Crippen LogP contribution in [0.5, 0.6) is 0 Å². The maximum absolute atomic E-state index is 12.6. The standard InChI is InChI=1S/C20H27N5O3/c26-18(12-17-13-21-8-11-28-17)24-9-6-16(7-10-24)19-22-23-20(27)25(19)14-15-4-2-1-3-5-15/h1-5,16-17,21H,6-14H2,(H,23,27)/t17-/m1/s1. The third-order valence-electron chi connectivity index (χ3n) is 5.59. The van der Waals surface area contributed by atoms with Crippen LogP contribution < -0.4 is 11.0 Å². The van der Waals surface area contributed by atoms with Crippen molar-refractivity contribution < 1.29 is 9.53 Å². The molecule has 0 bridgehead atoms. The zero-order chi connectivity index (χ0) is 19.3. The van der Waals surface area contributed by atoms with E-state index in [2.05, 4.69) is 15.5 Å². The lowest BCUT2D eigenvalue weighted by Gasteiger charge is -2.33. The van der Waals surface area contributed by atoms with Crippen LogP contribution in [0.25, 0.3) is 0 Å². The molecule has 0 aliphatic carbocycles. The number of morpholine rings is 1. The fraction of sp³-hybridized carbons (Fsp3) is 0.550. The zero-order valence-electron chi connectivity index (χ0n) is 16.0. The molecule has 2 fully saturated rings. The molecule has 0 saturated carbocycles. The first-order valence-electron chi connectivity index (χ1n) is 10.00. The molecule has 2 saturated heterocycles. The molecule has 0 unspecified atom stereocenters. The molecule has 1 atom stereocenters. The molecule has 2 aliphatic heterocycles. The van der Waals surface area contributed by atoms with Crippen LogP contribution in [0.15, 0.2) is 35.1 Å². The fourth-order valence-electron chi connectivity index (χ4n) is 4.02. The molecule has 2 aliphatic rings. The van der Waals surface area contributed by atoms with Gasteiger partial charge in [0.1, 0.15) is 5.82 Å². The van der Waals surface area contributed by atoms with E-state index in [0.29, 0.717) is 32.7 Å². The quantitative estimate of drug-likeness (QED) is 0.791. The lowest BCUT2D eigenvalue weighted by molar-refractivity contribution is -0.135. The van der Waals surface area contributed by atoms with Crippen molar-refractivity contribution in [2.24, 2.45) is 0 Å². The Kier molecular flexibility index (Phi) is 5.87. The second-order valence-corrected chi connectivity index (χ2v) is 7.51. The Balaban J connectivity index is 1.36. The van der Waals surface area contributed by atoms with Crippen molar-refractivity contribution >= 4 is 5.91 Å². The Hall–Kier alpha value is -2.45. The molecule has 2 aromatic rings. The third kappa shape index (κ3) is 4.34. The number of aromatic nitrogens is 3. The largest absolute Gasteiger partial charge is 0.375 e. The van der Waals surface area contributed by atoms with Crippen LogP contribution in [0, 0.1) is 0 Å². The van der Waals surface area contributed by atoms with Crippen molar-refractivity contribution in [1.29, 1.82) is 0 Å². The van der Waals surface area contributed by atoms with Gasteiger partial charge in [0.25, 0.3) is 0 Å². The third-order valence-corrected chi connectivity index (χ3v) is 5.59. The van der Waals surface area contributed by atoms with Crippen molar-refractivity contribution in [2.75, 3.05) is 32.8 Å². The van der Waals surface area contributed by atoms with Gasteiger partial charge in [0.2, 0.25) is 5.91 Å². The minimum Gasteiger partial charge on any atom is -0.375 e. The van der Waals surface area contributed by atoms with Gasteiger partial charge in [-0.15, -0.1) is 0 Å². The predicted molar refractivity (Wildman–Crippen MR) is 104 cm³/mol. The van der Waals surface area contributed by atoms with Crippen molar-refractivity contribution in [3.8, 4) is 0 Å². The summed E-state index contributed by atoms with van der Waals surface area (Å²) < 4.78 is 7.36. The molecule has 8 nitrogen and oxygen atoms in total. The van der Waals surface area contributed by atoms with E-state index in [4.69, 9.17) is 4.74 Å². The van der Waals surface area contributed by atoms with Crippen LogP contribution in [0.2, 0.25) is 0 Å². The highest BCUT2D eigenvalue weighted by molar-refractivity contribution is 5.76. The van der Waals surface area contributed by atoms with Gasteiger partial charge in [0.15, 0.2) is 0 Å². The average Bonchev–Trinajstić information content (AvgIpc) is 3.10. The van der Waals surface area contributed by atoms with Gasteiger partial charge >= 0.3 is 5.69 Å². The molecular weight excluding hydrogens is 358 g/mol. The number of piperidine rings is 1. The molecule has 1 aromatic carbocycles. The average molecular weight is 385 g/mol. The number of H-pyrrole nitrogens is 1. The number of likely N-dealkylation sites (tertiary alicyclic amines) is 1. The van der Waals surface area contributed by atoms with Crippen molar-refractivity contribution in [1.82, 2.24) is 25.0 Å². The summed E-state index contributed by atoms with van der Waals surface area (Å²) in [5.74, 6) is 1.12.